The maximum absolute atomic E-state index is 4.08. The zero-order valence-electron chi connectivity index (χ0n) is 9.49. The summed E-state index contributed by atoms with van der Waals surface area (Å²) in [6.07, 6.45) is 2.97. The number of aryl methyl sites for hydroxylation is 1. The maximum Gasteiger partial charge on any atom is 0.0830 e. The Morgan fingerprint density at radius 1 is 1.50 bits per heavy atom. The summed E-state index contributed by atoms with van der Waals surface area (Å²) in [5.41, 5.74) is 1.07. The zero-order chi connectivity index (χ0) is 10.6. The van der Waals surface area contributed by atoms with E-state index in [-0.39, 0.29) is 0 Å². The van der Waals surface area contributed by atoms with Gasteiger partial charge in [0, 0.05) is 19.3 Å². The summed E-state index contributed by atoms with van der Waals surface area (Å²) in [7, 11) is 1.90. The van der Waals surface area contributed by atoms with Crippen LogP contribution >= 0.6 is 0 Å². The van der Waals surface area contributed by atoms with Crippen LogP contribution in [0.15, 0.2) is 6.20 Å². The lowest BCUT2D eigenvalue weighted by atomic mass is 9.98. The second kappa shape index (κ2) is 5.10. The molecule has 2 unspecified atom stereocenters. The highest BCUT2D eigenvalue weighted by atomic mass is 15.4. The summed E-state index contributed by atoms with van der Waals surface area (Å²) < 4.78 is 1.75. The second-order valence-corrected chi connectivity index (χ2v) is 3.91. The van der Waals surface area contributed by atoms with E-state index >= 15 is 0 Å². The van der Waals surface area contributed by atoms with Crippen LogP contribution in [0.4, 0.5) is 0 Å². The molecule has 0 spiro atoms. The number of hydrogen-bond donors (Lipinski definition) is 1. The lowest BCUT2D eigenvalue weighted by Gasteiger charge is -2.19. The Bertz CT molecular complexity index is 269. The molecule has 1 aromatic heterocycles. The van der Waals surface area contributed by atoms with Gasteiger partial charge in [-0.15, -0.1) is 5.10 Å². The third-order valence-electron chi connectivity index (χ3n) is 2.56. The van der Waals surface area contributed by atoms with Gasteiger partial charge < -0.3 is 5.32 Å². The van der Waals surface area contributed by atoms with E-state index in [9.17, 15) is 0 Å². The molecule has 0 amide bonds. The quantitative estimate of drug-likeness (QED) is 0.763. The van der Waals surface area contributed by atoms with Crippen LogP contribution in [0, 0.1) is 5.92 Å². The first-order chi connectivity index (χ1) is 6.63. The summed E-state index contributed by atoms with van der Waals surface area (Å²) in [6, 6.07) is 0.530. The molecule has 0 aliphatic rings. The third kappa shape index (κ3) is 3.10. The standard InChI is InChI=1S/C10H20N4/c1-5-11-9(3)8(2)6-10-7-14(4)13-12-10/h7-9,11H,5-6H2,1-4H3. The van der Waals surface area contributed by atoms with Crippen LogP contribution in [0.5, 0.6) is 0 Å². The van der Waals surface area contributed by atoms with Gasteiger partial charge in [-0.1, -0.05) is 19.1 Å². The van der Waals surface area contributed by atoms with E-state index in [0.29, 0.717) is 12.0 Å². The van der Waals surface area contributed by atoms with Crippen molar-refractivity contribution >= 4 is 0 Å². The third-order valence-corrected chi connectivity index (χ3v) is 2.56. The molecule has 4 nitrogen and oxygen atoms in total. The lowest BCUT2D eigenvalue weighted by Crippen LogP contribution is -2.32. The molecule has 0 aliphatic carbocycles. The van der Waals surface area contributed by atoms with E-state index in [4.69, 9.17) is 0 Å². The Labute approximate surface area is 85.7 Å². The number of nitrogens with one attached hydrogen (secondary N) is 1. The van der Waals surface area contributed by atoms with Crippen LogP contribution in [0.1, 0.15) is 26.5 Å². The summed E-state index contributed by atoms with van der Waals surface area (Å²) in [4.78, 5) is 0. The van der Waals surface area contributed by atoms with Crippen molar-refractivity contribution in [3.63, 3.8) is 0 Å². The predicted molar refractivity (Wildman–Crippen MR) is 57.0 cm³/mol. The van der Waals surface area contributed by atoms with E-state index in [0.717, 1.165) is 18.7 Å². The van der Waals surface area contributed by atoms with Gasteiger partial charge in [-0.2, -0.15) is 0 Å². The van der Waals surface area contributed by atoms with Gasteiger partial charge in [0.1, 0.15) is 0 Å². The Morgan fingerprint density at radius 2 is 2.21 bits per heavy atom. The summed E-state index contributed by atoms with van der Waals surface area (Å²) in [5.74, 6) is 0.589. The Balaban J connectivity index is 2.43. The van der Waals surface area contributed by atoms with Crippen molar-refractivity contribution in [3.8, 4) is 0 Å². The van der Waals surface area contributed by atoms with Gasteiger partial charge in [0.2, 0.25) is 0 Å². The lowest BCUT2D eigenvalue weighted by molar-refractivity contribution is 0.403. The summed E-state index contributed by atoms with van der Waals surface area (Å²) in [6.45, 7) is 7.60. The van der Waals surface area contributed by atoms with Gasteiger partial charge in [-0.3, -0.25) is 4.68 Å². The van der Waals surface area contributed by atoms with Crippen molar-refractivity contribution in [3.05, 3.63) is 11.9 Å². The van der Waals surface area contributed by atoms with Crippen molar-refractivity contribution < 1.29 is 0 Å². The molecule has 0 radical (unpaired) electrons. The number of hydrogen-bond acceptors (Lipinski definition) is 3. The molecular formula is C10H20N4. The Kier molecular flexibility index (Phi) is 4.07. The Hall–Kier alpha value is -0.900. The highest BCUT2D eigenvalue weighted by Crippen LogP contribution is 2.09. The van der Waals surface area contributed by atoms with Crippen molar-refractivity contribution in [2.45, 2.75) is 33.2 Å². The second-order valence-electron chi connectivity index (χ2n) is 3.91. The molecule has 0 saturated carbocycles. The molecule has 0 aromatic carbocycles. The molecule has 0 fully saturated rings. The molecule has 0 aliphatic heterocycles. The van der Waals surface area contributed by atoms with E-state index in [1.54, 1.807) is 4.68 Å². The average molecular weight is 196 g/mol. The molecule has 0 saturated heterocycles. The zero-order valence-corrected chi connectivity index (χ0v) is 9.49. The summed E-state index contributed by atoms with van der Waals surface area (Å²) in [5, 5.41) is 11.4. The van der Waals surface area contributed by atoms with Crippen LogP contribution in [-0.4, -0.2) is 27.6 Å². The fourth-order valence-corrected chi connectivity index (χ4v) is 1.52. The molecule has 80 valence electrons. The predicted octanol–water partition coefficient (Wildman–Crippen LogP) is 0.992. The van der Waals surface area contributed by atoms with Crippen LogP contribution in [0.2, 0.25) is 0 Å². The number of aromatic nitrogens is 3. The molecule has 0 bridgehead atoms. The number of rotatable bonds is 5. The van der Waals surface area contributed by atoms with Crippen molar-refractivity contribution in [1.82, 2.24) is 20.3 Å². The Morgan fingerprint density at radius 3 is 2.71 bits per heavy atom. The van der Waals surface area contributed by atoms with Crippen LogP contribution in [0.3, 0.4) is 0 Å². The molecule has 2 atom stereocenters. The average Bonchev–Trinajstić information content (AvgIpc) is 2.51. The highest BCUT2D eigenvalue weighted by Gasteiger charge is 2.12. The minimum Gasteiger partial charge on any atom is -0.314 e. The normalized spacial score (nSPS) is 15.4. The minimum atomic E-state index is 0.530. The first kappa shape index (κ1) is 11.2. The van der Waals surface area contributed by atoms with Gasteiger partial charge in [0.05, 0.1) is 5.69 Å². The molecule has 1 N–H and O–H groups in total. The van der Waals surface area contributed by atoms with Crippen molar-refractivity contribution in [2.75, 3.05) is 6.54 Å². The van der Waals surface area contributed by atoms with Crippen LogP contribution < -0.4 is 5.32 Å². The van der Waals surface area contributed by atoms with Gasteiger partial charge in [-0.05, 0) is 25.8 Å². The van der Waals surface area contributed by atoms with Gasteiger partial charge in [0.15, 0.2) is 0 Å². The van der Waals surface area contributed by atoms with E-state index in [1.165, 1.54) is 0 Å². The van der Waals surface area contributed by atoms with Crippen molar-refractivity contribution in [1.29, 1.82) is 0 Å². The number of nitrogens with zero attached hydrogens (tertiary/aromatic N) is 3. The van der Waals surface area contributed by atoms with Crippen LogP contribution in [0.25, 0.3) is 0 Å². The van der Waals surface area contributed by atoms with E-state index in [2.05, 4.69) is 36.4 Å². The minimum absolute atomic E-state index is 0.530. The molecule has 4 heteroatoms. The molecule has 14 heavy (non-hydrogen) atoms. The van der Waals surface area contributed by atoms with Crippen LogP contribution in [-0.2, 0) is 13.5 Å². The fourth-order valence-electron chi connectivity index (χ4n) is 1.52. The first-order valence-corrected chi connectivity index (χ1v) is 5.22. The van der Waals surface area contributed by atoms with Gasteiger partial charge in [0.25, 0.3) is 0 Å². The molecule has 1 rings (SSSR count). The van der Waals surface area contributed by atoms with Crippen molar-refractivity contribution in [2.24, 2.45) is 13.0 Å². The monoisotopic (exact) mass is 196 g/mol. The topological polar surface area (TPSA) is 42.7 Å². The molecular weight excluding hydrogens is 176 g/mol. The largest absolute Gasteiger partial charge is 0.314 e. The van der Waals surface area contributed by atoms with E-state index in [1.807, 2.05) is 13.2 Å². The molecule has 1 aromatic rings. The molecule has 1 heterocycles. The highest BCUT2D eigenvalue weighted by molar-refractivity contribution is 4.94. The smallest absolute Gasteiger partial charge is 0.0830 e. The summed E-state index contributed by atoms with van der Waals surface area (Å²) >= 11 is 0. The fraction of sp³-hybridized carbons (Fsp3) is 0.800. The first-order valence-electron chi connectivity index (χ1n) is 5.22. The van der Waals surface area contributed by atoms with Gasteiger partial charge in [-0.25, -0.2) is 0 Å². The van der Waals surface area contributed by atoms with E-state index < -0.39 is 0 Å². The maximum atomic E-state index is 4.08. The SMILES string of the molecule is CCNC(C)C(C)Cc1cn(C)nn1. The van der Waals surface area contributed by atoms with Gasteiger partial charge >= 0.3 is 0 Å².